The van der Waals surface area contributed by atoms with Crippen LogP contribution in [0.2, 0.25) is 0 Å². The van der Waals surface area contributed by atoms with E-state index in [1.54, 1.807) is 12.1 Å². The van der Waals surface area contributed by atoms with Crippen LogP contribution >= 0.6 is 22.7 Å². The van der Waals surface area contributed by atoms with Gasteiger partial charge in [0.15, 0.2) is 5.01 Å². The predicted octanol–water partition coefficient (Wildman–Crippen LogP) is 3.76. The minimum atomic E-state index is -4.49. The minimum Gasteiger partial charge on any atom is -0.287 e. The molecule has 7 heteroatoms. The summed E-state index contributed by atoms with van der Waals surface area (Å²) in [5.41, 5.74) is 0. The molecule has 2 heterocycles. The summed E-state index contributed by atoms with van der Waals surface area (Å²) in [5.74, 6) is -0.406. The molecule has 2 aromatic heterocycles. The van der Waals surface area contributed by atoms with E-state index >= 15 is 0 Å². The molecule has 0 N–H and O–H groups in total. The number of carbonyl (C=O) groups is 1. The zero-order valence-corrected chi connectivity index (χ0v) is 10.2. The molecule has 0 unspecified atom stereocenters. The highest BCUT2D eigenvalue weighted by molar-refractivity contribution is 7.17. The van der Waals surface area contributed by atoms with Crippen molar-refractivity contribution in [2.24, 2.45) is 0 Å². The van der Waals surface area contributed by atoms with Gasteiger partial charge in [0.2, 0.25) is 5.78 Å². The molecule has 0 spiro atoms. The molecular weight excluding hydrogens is 271 g/mol. The standard InChI is InChI=1S/C10H6F3NOS2/c1-5-2-3-6(16-5)8(15)7-4-14-9(17-7)10(11,12)13/h2-4H,1H3. The number of aryl methyl sites for hydroxylation is 1. The van der Waals surface area contributed by atoms with Crippen LogP contribution in [0.5, 0.6) is 0 Å². The van der Waals surface area contributed by atoms with Gasteiger partial charge in [0.05, 0.1) is 9.75 Å². The first-order chi connectivity index (χ1) is 7.88. The number of aromatic nitrogens is 1. The van der Waals surface area contributed by atoms with Gasteiger partial charge in [-0.15, -0.1) is 22.7 Å². The van der Waals surface area contributed by atoms with E-state index in [-0.39, 0.29) is 4.88 Å². The van der Waals surface area contributed by atoms with E-state index in [1.165, 1.54) is 11.3 Å². The van der Waals surface area contributed by atoms with Gasteiger partial charge < -0.3 is 0 Å². The number of hydrogen-bond acceptors (Lipinski definition) is 4. The molecule has 0 fully saturated rings. The van der Waals surface area contributed by atoms with Crippen molar-refractivity contribution in [1.82, 2.24) is 4.98 Å². The van der Waals surface area contributed by atoms with Crippen LogP contribution in [0.25, 0.3) is 0 Å². The molecule has 0 radical (unpaired) electrons. The second-order valence-corrected chi connectivity index (χ2v) is 5.59. The summed E-state index contributed by atoms with van der Waals surface area (Å²) in [4.78, 5) is 16.4. The number of carbonyl (C=O) groups excluding carboxylic acids is 1. The first-order valence-corrected chi connectivity index (χ1v) is 6.15. The van der Waals surface area contributed by atoms with E-state index in [0.29, 0.717) is 16.2 Å². The topological polar surface area (TPSA) is 30.0 Å². The van der Waals surface area contributed by atoms with E-state index in [1.807, 2.05) is 6.92 Å². The Morgan fingerprint density at radius 3 is 2.41 bits per heavy atom. The smallest absolute Gasteiger partial charge is 0.287 e. The van der Waals surface area contributed by atoms with Crippen molar-refractivity contribution in [3.63, 3.8) is 0 Å². The lowest BCUT2D eigenvalue weighted by Crippen LogP contribution is -2.03. The minimum absolute atomic E-state index is 0.0131. The Labute approximate surface area is 103 Å². The number of hydrogen-bond donors (Lipinski definition) is 0. The number of nitrogens with zero attached hydrogens (tertiary/aromatic N) is 1. The normalized spacial score (nSPS) is 11.8. The van der Waals surface area contributed by atoms with E-state index in [9.17, 15) is 18.0 Å². The second kappa shape index (κ2) is 4.23. The maximum Gasteiger partial charge on any atom is 0.443 e. The third-order valence-electron chi connectivity index (χ3n) is 1.94. The van der Waals surface area contributed by atoms with Crippen molar-refractivity contribution in [2.45, 2.75) is 13.1 Å². The summed E-state index contributed by atoms with van der Waals surface area (Å²) in [6.45, 7) is 1.83. The van der Waals surface area contributed by atoms with Crippen LogP contribution in [-0.4, -0.2) is 10.8 Å². The van der Waals surface area contributed by atoms with Gasteiger partial charge in [-0.2, -0.15) is 13.2 Å². The third-order valence-corrected chi connectivity index (χ3v) is 3.98. The highest BCUT2D eigenvalue weighted by atomic mass is 32.1. The number of alkyl halides is 3. The Hall–Kier alpha value is -1.21. The van der Waals surface area contributed by atoms with Gasteiger partial charge in [-0.1, -0.05) is 0 Å². The number of thiophene rings is 1. The van der Waals surface area contributed by atoms with E-state index in [2.05, 4.69) is 4.98 Å². The lowest BCUT2D eigenvalue weighted by atomic mass is 10.3. The number of thiazole rings is 1. The fourth-order valence-corrected chi connectivity index (χ4v) is 2.81. The summed E-state index contributed by atoms with van der Waals surface area (Å²) in [6.07, 6.45) is -3.51. The predicted molar refractivity (Wildman–Crippen MR) is 59.6 cm³/mol. The van der Waals surface area contributed by atoms with Gasteiger partial charge in [-0.05, 0) is 19.1 Å². The molecule has 90 valence electrons. The summed E-state index contributed by atoms with van der Waals surface area (Å²) < 4.78 is 36.9. The maximum atomic E-state index is 12.3. The van der Waals surface area contributed by atoms with Crippen molar-refractivity contribution >= 4 is 28.5 Å². The van der Waals surface area contributed by atoms with Crippen LogP contribution in [0.15, 0.2) is 18.3 Å². The average Bonchev–Trinajstić information content (AvgIpc) is 2.83. The second-order valence-electron chi connectivity index (χ2n) is 3.27. The van der Waals surface area contributed by atoms with Gasteiger partial charge >= 0.3 is 6.18 Å². The first kappa shape index (κ1) is 12.3. The zero-order chi connectivity index (χ0) is 12.6. The molecular formula is C10H6F3NOS2. The fraction of sp³-hybridized carbons (Fsp3) is 0.200. The SMILES string of the molecule is Cc1ccc(C(=O)c2cnc(C(F)(F)F)s2)s1. The van der Waals surface area contributed by atoms with Crippen LogP contribution in [0.3, 0.4) is 0 Å². The van der Waals surface area contributed by atoms with Crippen LogP contribution in [0.1, 0.15) is 24.4 Å². The van der Waals surface area contributed by atoms with Gasteiger partial charge in [-0.3, -0.25) is 4.79 Å². The number of halogens is 3. The van der Waals surface area contributed by atoms with Crippen LogP contribution in [0.4, 0.5) is 13.2 Å². The summed E-state index contributed by atoms with van der Waals surface area (Å²) in [6, 6.07) is 3.36. The average molecular weight is 277 g/mol. The Balaban J connectivity index is 2.30. The van der Waals surface area contributed by atoms with Gasteiger partial charge in [0, 0.05) is 11.1 Å². The van der Waals surface area contributed by atoms with E-state index in [0.717, 1.165) is 11.1 Å². The highest BCUT2D eigenvalue weighted by Gasteiger charge is 2.35. The molecule has 0 aliphatic carbocycles. The number of rotatable bonds is 2. The molecule has 2 nitrogen and oxygen atoms in total. The maximum absolute atomic E-state index is 12.3. The fourth-order valence-electron chi connectivity index (χ4n) is 1.19. The molecule has 0 saturated carbocycles. The molecule has 0 amide bonds. The number of ketones is 1. The van der Waals surface area contributed by atoms with Crippen molar-refractivity contribution in [1.29, 1.82) is 0 Å². The lowest BCUT2D eigenvalue weighted by molar-refractivity contribution is -0.137. The quantitative estimate of drug-likeness (QED) is 0.782. The van der Waals surface area contributed by atoms with Crippen LogP contribution in [0, 0.1) is 6.92 Å². The Kier molecular flexibility index (Phi) is 3.05. The molecule has 0 bridgehead atoms. The van der Waals surface area contributed by atoms with E-state index < -0.39 is 17.0 Å². The molecule has 2 aromatic rings. The summed E-state index contributed by atoms with van der Waals surface area (Å²) in [7, 11) is 0. The molecule has 0 aliphatic rings. The molecule has 0 saturated heterocycles. The summed E-state index contributed by atoms with van der Waals surface area (Å²) >= 11 is 1.63. The molecule has 0 aliphatic heterocycles. The molecule has 0 aromatic carbocycles. The van der Waals surface area contributed by atoms with Crippen molar-refractivity contribution in [2.75, 3.05) is 0 Å². The largest absolute Gasteiger partial charge is 0.443 e. The Morgan fingerprint density at radius 1 is 1.24 bits per heavy atom. The molecule has 17 heavy (non-hydrogen) atoms. The van der Waals surface area contributed by atoms with Crippen molar-refractivity contribution in [3.05, 3.63) is 38.0 Å². The van der Waals surface area contributed by atoms with Gasteiger partial charge in [0.25, 0.3) is 0 Å². The van der Waals surface area contributed by atoms with E-state index in [4.69, 9.17) is 0 Å². The van der Waals surface area contributed by atoms with Crippen LogP contribution < -0.4 is 0 Å². The first-order valence-electron chi connectivity index (χ1n) is 4.52. The van der Waals surface area contributed by atoms with Crippen molar-refractivity contribution < 1.29 is 18.0 Å². The third kappa shape index (κ3) is 2.55. The summed E-state index contributed by atoms with van der Waals surface area (Å²) in [5, 5.41) is -0.992. The lowest BCUT2D eigenvalue weighted by Gasteiger charge is -1.98. The molecule has 0 atom stereocenters. The Morgan fingerprint density at radius 2 is 1.94 bits per heavy atom. The van der Waals surface area contributed by atoms with Gasteiger partial charge in [0.1, 0.15) is 0 Å². The zero-order valence-electron chi connectivity index (χ0n) is 8.54. The Bertz CT molecular complexity index is 556. The highest BCUT2D eigenvalue weighted by Crippen LogP contribution is 2.33. The van der Waals surface area contributed by atoms with Gasteiger partial charge in [-0.25, -0.2) is 4.98 Å². The monoisotopic (exact) mass is 277 g/mol. The van der Waals surface area contributed by atoms with Crippen LogP contribution in [-0.2, 0) is 6.18 Å². The van der Waals surface area contributed by atoms with Crippen molar-refractivity contribution in [3.8, 4) is 0 Å². The molecule has 2 rings (SSSR count).